The summed E-state index contributed by atoms with van der Waals surface area (Å²) in [6, 6.07) is 10.1. The summed E-state index contributed by atoms with van der Waals surface area (Å²) in [4.78, 5) is 12.0. The fourth-order valence-electron chi connectivity index (χ4n) is 2.19. The maximum absolute atomic E-state index is 12.0. The van der Waals surface area contributed by atoms with E-state index in [0.29, 0.717) is 6.54 Å². The fourth-order valence-corrected chi connectivity index (χ4v) is 2.19. The largest absolute Gasteiger partial charge is 0.323 e. The van der Waals surface area contributed by atoms with Crippen molar-refractivity contribution in [3.8, 4) is 0 Å². The van der Waals surface area contributed by atoms with Crippen LogP contribution in [0.3, 0.4) is 0 Å². The van der Waals surface area contributed by atoms with E-state index < -0.39 is 0 Å². The summed E-state index contributed by atoms with van der Waals surface area (Å²) in [7, 11) is 0. The van der Waals surface area contributed by atoms with Crippen LogP contribution in [0.5, 0.6) is 0 Å². The number of hydrogen-bond donors (Lipinski definition) is 1. The van der Waals surface area contributed by atoms with Crippen molar-refractivity contribution in [2.45, 2.75) is 33.2 Å². The number of hydrogen-bond acceptors (Lipinski definition) is 2. The van der Waals surface area contributed by atoms with Gasteiger partial charge in [-0.1, -0.05) is 44.2 Å². The van der Waals surface area contributed by atoms with E-state index in [1.807, 2.05) is 42.9 Å². The van der Waals surface area contributed by atoms with E-state index in [1.165, 1.54) is 5.56 Å². The second-order valence-electron chi connectivity index (χ2n) is 4.91. The number of anilines is 1. The molecule has 0 fully saturated rings. The van der Waals surface area contributed by atoms with Crippen molar-refractivity contribution in [1.82, 2.24) is 9.78 Å². The van der Waals surface area contributed by atoms with Crippen molar-refractivity contribution in [2.75, 3.05) is 5.32 Å². The number of carbonyl (C=O) groups excluding carboxylic acids is 1. The average molecular weight is 271 g/mol. The molecule has 0 aliphatic rings. The van der Waals surface area contributed by atoms with Crippen molar-refractivity contribution in [3.63, 3.8) is 0 Å². The highest BCUT2D eigenvalue weighted by Crippen LogP contribution is 2.13. The third-order valence-electron chi connectivity index (χ3n) is 3.44. The number of aromatic nitrogens is 2. The molecule has 4 nitrogen and oxygen atoms in total. The van der Waals surface area contributed by atoms with E-state index in [1.54, 1.807) is 6.20 Å². The van der Waals surface area contributed by atoms with E-state index >= 15 is 0 Å². The molecule has 106 valence electrons. The molecule has 1 aromatic heterocycles. The minimum Gasteiger partial charge on any atom is -0.323 e. The first kappa shape index (κ1) is 14.3. The van der Waals surface area contributed by atoms with E-state index in [-0.39, 0.29) is 11.8 Å². The first-order valence-corrected chi connectivity index (χ1v) is 7.10. The molecule has 0 bridgehead atoms. The van der Waals surface area contributed by atoms with Crippen molar-refractivity contribution in [3.05, 3.63) is 48.3 Å². The summed E-state index contributed by atoms with van der Waals surface area (Å²) in [6.07, 6.45) is 5.29. The molecular formula is C16H21N3O. The Morgan fingerprint density at radius 2 is 1.95 bits per heavy atom. The Hall–Kier alpha value is -2.10. The lowest BCUT2D eigenvalue weighted by atomic mass is 10.0. The van der Waals surface area contributed by atoms with Gasteiger partial charge in [-0.3, -0.25) is 9.48 Å². The number of nitrogens with zero attached hydrogens (tertiary/aromatic N) is 2. The predicted octanol–water partition coefficient (Wildman–Crippen LogP) is 3.31. The van der Waals surface area contributed by atoms with Gasteiger partial charge in [0.1, 0.15) is 0 Å². The molecule has 0 aliphatic carbocycles. The molecule has 4 heteroatoms. The molecule has 0 atom stereocenters. The number of carbonyl (C=O) groups is 1. The lowest BCUT2D eigenvalue weighted by Crippen LogP contribution is -2.21. The van der Waals surface area contributed by atoms with Gasteiger partial charge in [-0.25, -0.2) is 0 Å². The molecule has 2 rings (SSSR count). The van der Waals surface area contributed by atoms with Crippen LogP contribution >= 0.6 is 0 Å². The van der Waals surface area contributed by atoms with Crippen molar-refractivity contribution >= 4 is 11.6 Å². The second-order valence-corrected chi connectivity index (χ2v) is 4.91. The van der Waals surface area contributed by atoms with E-state index in [0.717, 1.165) is 18.5 Å². The molecule has 0 unspecified atom stereocenters. The van der Waals surface area contributed by atoms with Gasteiger partial charge in [0, 0.05) is 12.1 Å². The Morgan fingerprint density at radius 3 is 2.60 bits per heavy atom. The standard InChI is InChI=1S/C16H21N3O/c1-3-14(4-2)16(20)18-15-10-17-19(12-15)11-13-8-6-5-7-9-13/h5-10,12,14H,3-4,11H2,1-2H3,(H,18,20). The summed E-state index contributed by atoms with van der Waals surface area (Å²) < 4.78 is 1.83. The highest BCUT2D eigenvalue weighted by atomic mass is 16.1. The monoisotopic (exact) mass is 271 g/mol. The van der Waals surface area contributed by atoms with Crippen molar-refractivity contribution < 1.29 is 4.79 Å². The van der Waals surface area contributed by atoms with Gasteiger partial charge in [-0.05, 0) is 18.4 Å². The summed E-state index contributed by atoms with van der Waals surface area (Å²) in [5.41, 5.74) is 1.95. The van der Waals surface area contributed by atoms with Crippen LogP contribution in [0.15, 0.2) is 42.7 Å². The third-order valence-corrected chi connectivity index (χ3v) is 3.44. The van der Waals surface area contributed by atoms with E-state index in [2.05, 4.69) is 22.5 Å². The summed E-state index contributed by atoms with van der Waals surface area (Å²) >= 11 is 0. The second kappa shape index (κ2) is 6.89. The predicted molar refractivity (Wildman–Crippen MR) is 80.5 cm³/mol. The zero-order valence-corrected chi connectivity index (χ0v) is 12.0. The van der Waals surface area contributed by atoms with Crippen molar-refractivity contribution in [2.24, 2.45) is 5.92 Å². The topological polar surface area (TPSA) is 46.9 Å². The summed E-state index contributed by atoms with van der Waals surface area (Å²) in [6.45, 7) is 4.78. The van der Waals surface area contributed by atoms with Crippen molar-refractivity contribution in [1.29, 1.82) is 0 Å². The summed E-state index contributed by atoms with van der Waals surface area (Å²) in [5.74, 6) is 0.154. The quantitative estimate of drug-likeness (QED) is 0.876. The Labute approximate surface area is 119 Å². The van der Waals surface area contributed by atoms with Crippen LogP contribution in [0.4, 0.5) is 5.69 Å². The lowest BCUT2D eigenvalue weighted by molar-refractivity contribution is -0.120. The van der Waals surface area contributed by atoms with Gasteiger partial charge in [-0.2, -0.15) is 5.10 Å². The van der Waals surface area contributed by atoms with Crippen LogP contribution in [0.2, 0.25) is 0 Å². The fraction of sp³-hybridized carbons (Fsp3) is 0.375. The van der Waals surface area contributed by atoms with Gasteiger partial charge < -0.3 is 5.32 Å². The maximum Gasteiger partial charge on any atom is 0.227 e. The third kappa shape index (κ3) is 3.70. The van der Waals surface area contributed by atoms with Gasteiger partial charge >= 0.3 is 0 Å². The van der Waals surface area contributed by atoms with E-state index in [9.17, 15) is 4.79 Å². The van der Waals surface area contributed by atoms with Crippen LogP contribution in [-0.2, 0) is 11.3 Å². The van der Waals surface area contributed by atoms with E-state index in [4.69, 9.17) is 0 Å². The van der Waals surface area contributed by atoms with Gasteiger partial charge in [0.15, 0.2) is 0 Å². The van der Waals surface area contributed by atoms with Gasteiger partial charge in [-0.15, -0.1) is 0 Å². The minimum atomic E-state index is 0.0764. The molecule has 0 spiro atoms. The molecular weight excluding hydrogens is 250 g/mol. The Balaban J connectivity index is 1.97. The maximum atomic E-state index is 12.0. The smallest absolute Gasteiger partial charge is 0.227 e. The van der Waals surface area contributed by atoms with Gasteiger partial charge in [0.2, 0.25) is 5.91 Å². The van der Waals surface area contributed by atoms with Crippen LogP contribution < -0.4 is 5.32 Å². The van der Waals surface area contributed by atoms with Crippen LogP contribution in [0.25, 0.3) is 0 Å². The minimum absolute atomic E-state index is 0.0764. The molecule has 0 aliphatic heterocycles. The first-order chi connectivity index (χ1) is 9.72. The van der Waals surface area contributed by atoms with Crippen LogP contribution in [-0.4, -0.2) is 15.7 Å². The molecule has 1 amide bonds. The zero-order valence-electron chi connectivity index (χ0n) is 12.0. The molecule has 1 aromatic carbocycles. The molecule has 1 heterocycles. The molecule has 1 N–H and O–H groups in total. The number of rotatable bonds is 6. The van der Waals surface area contributed by atoms with Crippen LogP contribution in [0, 0.1) is 5.92 Å². The summed E-state index contributed by atoms with van der Waals surface area (Å²) in [5, 5.41) is 7.21. The number of nitrogens with one attached hydrogen (secondary N) is 1. The van der Waals surface area contributed by atoms with Gasteiger partial charge in [0.05, 0.1) is 18.4 Å². The van der Waals surface area contributed by atoms with Crippen LogP contribution in [0.1, 0.15) is 32.3 Å². The highest BCUT2D eigenvalue weighted by molar-refractivity contribution is 5.92. The Kier molecular flexibility index (Phi) is 4.93. The van der Waals surface area contributed by atoms with Gasteiger partial charge in [0.25, 0.3) is 0 Å². The number of benzene rings is 1. The Morgan fingerprint density at radius 1 is 1.25 bits per heavy atom. The molecule has 0 radical (unpaired) electrons. The normalized spacial score (nSPS) is 10.8. The number of amides is 1. The Bertz CT molecular complexity index is 544. The molecule has 20 heavy (non-hydrogen) atoms. The lowest BCUT2D eigenvalue weighted by Gasteiger charge is -2.11. The first-order valence-electron chi connectivity index (χ1n) is 7.10. The highest BCUT2D eigenvalue weighted by Gasteiger charge is 2.14. The molecule has 0 saturated heterocycles. The zero-order chi connectivity index (χ0) is 14.4. The molecule has 0 saturated carbocycles. The SMILES string of the molecule is CCC(CC)C(=O)Nc1cnn(Cc2ccccc2)c1. The molecule has 2 aromatic rings. The average Bonchev–Trinajstić information content (AvgIpc) is 2.88.